The normalized spacial score (nSPS) is 10.5. The first kappa shape index (κ1) is 72.7. The molecule has 5 aromatic heterocycles. The van der Waals surface area contributed by atoms with Crippen LogP contribution in [0.15, 0.2) is 148 Å². The van der Waals surface area contributed by atoms with Crippen molar-refractivity contribution in [3.8, 4) is 20.9 Å². The Balaban J connectivity index is 0.000000299. The fourth-order valence-electron chi connectivity index (χ4n) is 6.26. The largest absolute Gasteiger partial charge is 0.499 e. The lowest BCUT2D eigenvalue weighted by atomic mass is 9.90. The molecule has 0 saturated heterocycles. The molecule has 0 aliphatic rings. The van der Waals surface area contributed by atoms with E-state index in [1.807, 2.05) is 74.0 Å². The van der Waals surface area contributed by atoms with Crippen LogP contribution in [0.25, 0.3) is 20.9 Å². The minimum atomic E-state index is -1.30. The number of nitrogens with two attached hydrogens (primary N) is 1. The van der Waals surface area contributed by atoms with Crippen LogP contribution in [0, 0.1) is 10.1 Å². The first-order valence-corrected chi connectivity index (χ1v) is 29.5. The zero-order chi connectivity index (χ0) is 63.2. The first-order valence-electron chi connectivity index (χ1n) is 24.9. The Labute approximate surface area is 531 Å². The summed E-state index contributed by atoms with van der Waals surface area (Å²) in [5.41, 5.74) is 8.63. The smallest absolute Gasteiger partial charge is 0.444 e. The van der Waals surface area contributed by atoms with Crippen LogP contribution in [0.2, 0.25) is 10.3 Å². The summed E-state index contributed by atoms with van der Waals surface area (Å²) in [6.07, 6.45) is 0.880. The highest BCUT2D eigenvalue weighted by atomic mass is 79.9. The van der Waals surface area contributed by atoms with Gasteiger partial charge in [-0.1, -0.05) is 75.5 Å². The zero-order valence-electron chi connectivity index (χ0n) is 47.5. The maximum Gasteiger partial charge on any atom is 0.499 e. The number of nitrogens with one attached hydrogen (secondary N) is 4. The molecule has 0 fully saturated rings. The van der Waals surface area contributed by atoms with Crippen molar-refractivity contribution in [1.82, 2.24) is 9.97 Å². The zero-order valence-corrected chi connectivity index (χ0v) is 53.8. The van der Waals surface area contributed by atoms with Gasteiger partial charge in [0.2, 0.25) is 0 Å². The average Bonchev–Trinajstić information content (AvgIpc) is 3.53. The number of ether oxygens (including phenoxy) is 3. The molecular formula is C57H60BBrCl3FN8O12S3. The Hall–Kier alpha value is -7.53. The van der Waals surface area contributed by atoms with Gasteiger partial charge in [0.05, 0.1) is 38.8 Å². The maximum atomic E-state index is 12.7. The Morgan fingerprint density at radius 3 is 1.43 bits per heavy atom. The number of benzene rings is 3. The fraction of sp³-hybridized carbons (Fsp3) is 0.211. The number of hydrogen-bond donors (Lipinski definition) is 7. The van der Waals surface area contributed by atoms with Crippen LogP contribution in [0.5, 0.6) is 0 Å². The number of carbonyl (C=O) groups is 5. The second-order valence-electron chi connectivity index (χ2n) is 20.2. The summed E-state index contributed by atoms with van der Waals surface area (Å²) in [4.78, 5) is 78.6. The Kier molecular flexibility index (Phi) is 28.7. The average molecular weight is 1360 g/mol. The van der Waals surface area contributed by atoms with Crippen LogP contribution in [-0.2, 0) is 14.2 Å². The molecule has 0 radical (unpaired) electrons. The number of aromatic nitrogens is 2. The topological polar surface area (TPSA) is 297 Å². The van der Waals surface area contributed by atoms with Gasteiger partial charge in [-0.25, -0.2) is 24.4 Å². The van der Waals surface area contributed by atoms with E-state index in [4.69, 9.17) is 64.8 Å². The van der Waals surface area contributed by atoms with Crippen molar-refractivity contribution in [1.29, 1.82) is 0 Å². The number of nitro groups is 1. The SMILES string of the molecule is CC(C)(C)OC(=O)Nc1ccc(-c2cccs2)cc1N.CC(C)(C)OC(=O)Nc1ccc(-c2cccs2)cc1NC(=O)c1ccc(Cl)nc1.CC(C)(C)OC(=O)Nc1ccc(Br)cc1[N+](=O)[O-].F.O=C(Cl)c1ccc(Cl)nc1.OB(O)c1cccs1. The summed E-state index contributed by atoms with van der Waals surface area (Å²) < 4.78 is 16.7. The number of hydrogen-bond acceptors (Lipinski definition) is 18. The van der Waals surface area contributed by atoms with Crippen molar-refractivity contribution in [2.45, 2.75) is 79.1 Å². The standard InChI is InChI=1S/C21H20ClN3O3S.C15H18N2O2S.C11H13BrN2O4.C6H3Cl2NO.C4H5BO2S.FH/c1-21(2,3)28-20(27)25-15-8-6-13(17-5-4-10-29-17)11-16(15)24-19(26)14-7-9-18(22)23-12-14;1-15(2,3)19-14(18)17-12-7-6-10(9-11(12)16)13-5-4-8-20-13;1-11(2,3)18-10(15)13-8-5-4-7(12)6-9(8)14(16)17;7-5-2-1-4(3-9-5)6(8)10;6-5(7)4-2-1-3-8-4;/h4-12H,1-3H3,(H,24,26)(H,25,27);4-9H,16H2,1-3H3,(H,17,18);4-6H,1-3H3,(H,13,15);1-3H;1-3,6-7H;1H. The number of anilines is 5. The molecule has 0 aliphatic heterocycles. The fourth-order valence-corrected chi connectivity index (χ4v) is 8.99. The minimum absolute atomic E-state index is 0. The molecule has 4 amide bonds. The number of pyridine rings is 2. The molecule has 0 unspecified atom stereocenters. The van der Waals surface area contributed by atoms with E-state index < -0.39 is 52.4 Å². The van der Waals surface area contributed by atoms with Crippen LogP contribution in [0.1, 0.15) is 83.0 Å². The molecule has 20 nitrogen and oxygen atoms in total. The third kappa shape index (κ3) is 26.8. The predicted molar refractivity (Wildman–Crippen MR) is 348 cm³/mol. The van der Waals surface area contributed by atoms with Crippen molar-refractivity contribution in [3.63, 3.8) is 0 Å². The lowest BCUT2D eigenvalue weighted by Crippen LogP contribution is -2.27. The van der Waals surface area contributed by atoms with Crippen LogP contribution in [-0.4, -0.2) is 78.3 Å². The molecule has 86 heavy (non-hydrogen) atoms. The Morgan fingerprint density at radius 1 is 0.593 bits per heavy atom. The number of nitrogen functional groups attached to an aromatic ring is 1. The van der Waals surface area contributed by atoms with Gasteiger partial charge in [0.15, 0.2) is 0 Å². The quantitative estimate of drug-likeness (QED) is 0.0127. The van der Waals surface area contributed by atoms with Gasteiger partial charge in [-0.15, -0.1) is 22.7 Å². The summed E-state index contributed by atoms with van der Waals surface area (Å²) in [6, 6.07) is 32.9. The molecule has 456 valence electrons. The molecule has 8 N–H and O–H groups in total. The number of thiophene rings is 3. The van der Waals surface area contributed by atoms with E-state index >= 15 is 0 Å². The third-order valence-corrected chi connectivity index (χ3v) is 13.6. The summed E-state index contributed by atoms with van der Waals surface area (Å²) in [5.74, 6) is -0.371. The number of rotatable bonds is 10. The molecule has 0 atom stereocenters. The van der Waals surface area contributed by atoms with E-state index in [1.165, 1.54) is 48.0 Å². The van der Waals surface area contributed by atoms with E-state index in [1.54, 1.807) is 118 Å². The van der Waals surface area contributed by atoms with Gasteiger partial charge in [-0.2, -0.15) is 11.3 Å². The molecule has 5 heterocycles. The highest BCUT2D eigenvalue weighted by Gasteiger charge is 2.22. The summed E-state index contributed by atoms with van der Waals surface area (Å²) in [6.45, 7) is 15.9. The molecule has 0 bridgehead atoms. The van der Waals surface area contributed by atoms with Gasteiger partial charge in [0.25, 0.3) is 16.8 Å². The van der Waals surface area contributed by atoms with Crippen LogP contribution in [0.4, 0.5) is 53.2 Å². The first-order chi connectivity index (χ1) is 39.7. The monoisotopic (exact) mass is 1360 g/mol. The van der Waals surface area contributed by atoms with Gasteiger partial charge < -0.3 is 35.3 Å². The number of nitrogens with zero attached hydrogens (tertiary/aromatic N) is 3. The van der Waals surface area contributed by atoms with E-state index in [9.17, 15) is 34.1 Å². The molecule has 29 heteroatoms. The lowest BCUT2D eigenvalue weighted by molar-refractivity contribution is -0.384. The highest BCUT2D eigenvalue weighted by molar-refractivity contribution is 9.10. The predicted octanol–water partition coefficient (Wildman–Crippen LogP) is 15.8. The van der Waals surface area contributed by atoms with Crippen molar-refractivity contribution in [2.24, 2.45) is 0 Å². The molecule has 8 aromatic rings. The Morgan fingerprint density at radius 2 is 1.03 bits per heavy atom. The summed E-state index contributed by atoms with van der Waals surface area (Å²) in [7, 11) is -1.30. The Bertz CT molecular complexity index is 3500. The second kappa shape index (κ2) is 34.0. The molecule has 0 saturated carbocycles. The second-order valence-corrected chi connectivity index (χ2v) is 25.1. The van der Waals surface area contributed by atoms with Gasteiger partial charge in [0.1, 0.15) is 32.8 Å². The highest BCUT2D eigenvalue weighted by Crippen LogP contribution is 2.34. The molecule has 8 rings (SSSR count). The molecular weight excluding hydrogens is 1300 g/mol. The van der Waals surface area contributed by atoms with Crippen LogP contribution >= 0.6 is 84.7 Å². The maximum absolute atomic E-state index is 12.7. The molecule has 0 spiro atoms. The third-order valence-electron chi connectivity index (χ3n) is 9.74. The van der Waals surface area contributed by atoms with Gasteiger partial charge in [-0.05, 0) is 174 Å². The van der Waals surface area contributed by atoms with Crippen molar-refractivity contribution in [2.75, 3.05) is 27.0 Å². The van der Waals surface area contributed by atoms with Crippen LogP contribution < -0.4 is 31.8 Å². The van der Waals surface area contributed by atoms with Crippen molar-refractivity contribution < 1.29 is 57.9 Å². The minimum Gasteiger partial charge on any atom is -0.444 e. The molecule has 0 aliphatic carbocycles. The van der Waals surface area contributed by atoms with Crippen molar-refractivity contribution in [3.05, 3.63) is 180 Å². The number of amides is 4. The van der Waals surface area contributed by atoms with E-state index in [2.05, 4.69) is 47.2 Å². The molecule has 3 aromatic carbocycles. The van der Waals surface area contributed by atoms with Gasteiger partial charge in [0, 0.05) is 37.5 Å². The number of nitro benzene ring substituents is 1. The van der Waals surface area contributed by atoms with Gasteiger partial charge >= 0.3 is 25.4 Å². The van der Waals surface area contributed by atoms with E-state index in [0.717, 1.165) is 20.9 Å². The van der Waals surface area contributed by atoms with E-state index in [-0.39, 0.29) is 22.0 Å². The number of halogens is 5. The summed E-state index contributed by atoms with van der Waals surface area (Å²) >= 11 is 24.1. The summed E-state index contributed by atoms with van der Waals surface area (Å²) in [5, 5.41) is 44.2. The van der Waals surface area contributed by atoms with Gasteiger partial charge in [-0.3, -0.25) is 40.4 Å². The van der Waals surface area contributed by atoms with Crippen molar-refractivity contribution >= 4 is 160 Å². The number of carbonyl (C=O) groups excluding carboxylic acids is 5. The van der Waals surface area contributed by atoms with E-state index in [0.29, 0.717) is 53.4 Å². The van der Waals surface area contributed by atoms with Crippen LogP contribution in [0.3, 0.4) is 0 Å². The lowest BCUT2D eigenvalue weighted by Gasteiger charge is -2.21.